The molecule has 0 bridgehead atoms. The van der Waals surface area contributed by atoms with Crippen LogP contribution in [0.3, 0.4) is 0 Å². The van der Waals surface area contributed by atoms with Crippen LogP contribution in [0, 0.1) is 13.8 Å². The average Bonchev–Trinajstić information content (AvgIpc) is 3.57. The van der Waals surface area contributed by atoms with E-state index >= 15 is 0 Å². The molecule has 0 radical (unpaired) electrons. The van der Waals surface area contributed by atoms with Gasteiger partial charge in [0.15, 0.2) is 11.4 Å². The number of aromatic amines is 1. The van der Waals surface area contributed by atoms with Gasteiger partial charge in [-0.2, -0.15) is 0 Å². The van der Waals surface area contributed by atoms with Crippen LogP contribution in [0.1, 0.15) is 63.6 Å². The quantitative estimate of drug-likeness (QED) is 0.367. The van der Waals surface area contributed by atoms with Gasteiger partial charge in [0.1, 0.15) is 16.2 Å². The van der Waals surface area contributed by atoms with Gasteiger partial charge in [0, 0.05) is 27.3 Å². The SMILES string of the molecule is Cc1cc(C(=O)CSc2nc(C3CC3)nc3c2c(=O)[nH]c(=O)n3C2CC2)c(C)s1. The second-order valence-electron chi connectivity index (χ2n) is 7.76. The maximum absolute atomic E-state index is 12.7. The zero-order valence-electron chi connectivity index (χ0n) is 16.2. The predicted molar refractivity (Wildman–Crippen MR) is 114 cm³/mol. The van der Waals surface area contributed by atoms with Crippen molar-refractivity contribution in [3.8, 4) is 0 Å². The smallest absolute Gasteiger partial charge is 0.293 e. The zero-order chi connectivity index (χ0) is 20.3. The minimum absolute atomic E-state index is 0.0172. The second kappa shape index (κ2) is 6.91. The van der Waals surface area contributed by atoms with Gasteiger partial charge in [-0.05, 0) is 45.6 Å². The first-order valence-electron chi connectivity index (χ1n) is 9.72. The molecule has 7 nitrogen and oxygen atoms in total. The van der Waals surface area contributed by atoms with Crippen LogP contribution in [0.5, 0.6) is 0 Å². The molecular weight excluding hydrogens is 408 g/mol. The van der Waals surface area contributed by atoms with E-state index < -0.39 is 11.2 Å². The van der Waals surface area contributed by atoms with Crippen LogP contribution in [0.25, 0.3) is 11.0 Å². The summed E-state index contributed by atoms with van der Waals surface area (Å²) in [6.07, 6.45) is 3.83. The molecular formula is C20H20N4O3S2. The van der Waals surface area contributed by atoms with Crippen LogP contribution in [-0.2, 0) is 0 Å². The van der Waals surface area contributed by atoms with Crippen LogP contribution in [-0.4, -0.2) is 31.1 Å². The summed E-state index contributed by atoms with van der Waals surface area (Å²) in [7, 11) is 0. The van der Waals surface area contributed by atoms with E-state index in [1.165, 1.54) is 11.8 Å². The molecule has 0 aliphatic heterocycles. The minimum Gasteiger partial charge on any atom is -0.293 e. The number of carbonyl (C=O) groups excluding carboxylic acids is 1. The molecule has 150 valence electrons. The molecule has 29 heavy (non-hydrogen) atoms. The highest BCUT2D eigenvalue weighted by molar-refractivity contribution is 8.00. The van der Waals surface area contributed by atoms with E-state index in [9.17, 15) is 14.4 Å². The highest BCUT2D eigenvalue weighted by atomic mass is 32.2. The van der Waals surface area contributed by atoms with Crippen molar-refractivity contribution in [2.75, 3.05) is 5.75 Å². The minimum atomic E-state index is -0.484. The van der Waals surface area contributed by atoms with Gasteiger partial charge in [-0.15, -0.1) is 11.3 Å². The number of nitrogens with zero attached hydrogens (tertiary/aromatic N) is 3. The van der Waals surface area contributed by atoms with E-state index in [0.29, 0.717) is 21.9 Å². The van der Waals surface area contributed by atoms with Crippen molar-refractivity contribution in [1.82, 2.24) is 19.5 Å². The topological polar surface area (TPSA) is 97.7 Å². The van der Waals surface area contributed by atoms with Crippen molar-refractivity contribution in [3.05, 3.63) is 48.0 Å². The monoisotopic (exact) mass is 428 g/mol. The van der Waals surface area contributed by atoms with Crippen LogP contribution in [0.2, 0.25) is 0 Å². The molecule has 3 heterocycles. The molecule has 2 aliphatic carbocycles. The van der Waals surface area contributed by atoms with Crippen LogP contribution >= 0.6 is 23.1 Å². The normalized spacial score (nSPS) is 16.5. The lowest BCUT2D eigenvalue weighted by Crippen LogP contribution is -2.31. The Morgan fingerprint density at radius 2 is 2.00 bits per heavy atom. The number of hydrogen-bond acceptors (Lipinski definition) is 7. The fraction of sp³-hybridized carbons (Fsp3) is 0.450. The molecule has 3 aromatic rings. The summed E-state index contributed by atoms with van der Waals surface area (Å²) in [5.41, 5.74) is 0.240. The predicted octanol–water partition coefficient (Wildman–Crippen LogP) is 3.35. The summed E-state index contributed by atoms with van der Waals surface area (Å²) >= 11 is 2.86. The third-order valence-corrected chi connectivity index (χ3v) is 7.25. The number of rotatable bonds is 6. The van der Waals surface area contributed by atoms with Gasteiger partial charge in [-0.3, -0.25) is 19.1 Å². The Hall–Kier alpha value is -2.26. The maximum Gasteiger partial charge on any atom is 0.330 e. The first-order chi connectivity index (χ1) is 13.9. The van der Waals surface area contributed by atoms with Crippen molar-refractivity contribution < 1.29 is 4.79 Å². The fourth-order valence-corrected chi connectivity index (χ4v) is 5.41. The number of carbonyl (C=O) groups is 1. The van der Waals surface area contributed by atoms with Gasteiger partial charge in [-0.1, -0.05) is 11.8 Å². The lowest BCUT2D eigenvalue weighted by molar-refractivity contribution is 0.102. The number of thiophene rings is 1. The largest absolute Gasteiger partial charge is 0.330 e. The zero-order valence-corrected chi connectivity index (χ0v) is 17.8. The number of Topliss-reactive ketones (excluding diaryl/α,β-unsaturated/α-hetero) is 1. The van der Waals surface area contributed by atoms with Crippen molar-refractivity contribution >= 4 is 39.9 Å². The van der Waals surface area contributed by atoms with E-state index in [1.54, 1.807) is 15.9 Å². The Morgan fingerprint density at radius 1 is 1.24 bits per heavy atom. The Labute approximate surface area is 174 Å². The first-order valence-corrected chi connectivity index (χ1v) is 11.5. The molecule has 5 rings (SSSR count). The summed E-state index contributed by atoms with van der Waals surface area (Å²) in [6, 6.07) is 1.99. The molecule has 9 heteroatoms. The van der Waals surface area contributed by atoms with E-state index in [-0.39, 0.29) is 23.5 Å². The van der Waals surface area contributed by atoms with E-state index in [4.69, 9.17) is 0 Å². The number of aromatic nitrogens is 4. The van der Waals surface area contributed by atoms with Crippen LogP contribution in [0.15, 0.2) is 20.7 Å². The lowest BCUT2D eigenvalue weighted by Gasteiger charge is -2.11. The molecule has 2 saturated carbocycles. The highest BCUT2D eigenvalue weighted by Gasteiger charge is 2.32. The molecule has 0 unspecified atom stereocenters. The fourth-order valence-electron chi connectivity index (χ4n) is 3.55. The summed E-state index contributed by atoms with van der Waals surface area (Å²) in [6.45, 7) is 3.93. The first kappa shape index (κ1) is 18.7. The van der Waals surface area contributed by atoms with Crippen molar-refractivity contribution in [2.45, 2.75) is 56.5 Å². The number of ketones is 1. The van der Waals surface area contributed by atoms with Gasteiger partial charge in [0.25, 0.3) is 5.56 Å². The molecule has 0 atom stereocenters. The number of aryl methyl sites for hydroxylation is 2. The Kier molecular flexibility index (Phi) is 4.47. The summed E-state index contributed by atoms with van der Waals surface area (Å²) in [5, 5.41) is 0.808. The van der Waals surface area contributed by atoms with Gasteiger partial charge >= 0.3 is 5.69 Å². The molecule has 2 aliphatic rings. The molecule has 1 N–H and O–H groups in total. The summed E-state index contributed by atoms with van der Waals surface area (Å²) in [4.78, 5) is 51.6. The van der Waals surface area contributed by atoms with Gasteiger partial charge < -0.3 is 0 Å². The van der Waals surface area contributed by atoms with Crippen molar-refractivity contribution in [2.24, 2.45) is 0 Å². The Balaban J connectivity index is 1.58. The third kappa shape index (κ3) is 3.46. The lowest BCUT2D eigenvalue weighted by atomic mass is 10.2. The molecule has 0 amide bonds. The van der Waals surface area contributed by atoms with Gasteiger partial charge in [0.2, 0.25) is 0 Å². The Morgan fingerprint density at radius 3 is 2.62 bits per heavy atom. The van der Waals surface area contributed by atoms with Crippen molar-refractivity contribution in [1.29, 1.82) is 0 Å². The van der Waals surface area contributed by atoms with Gasteiger partial charge in [0.05, 0.1) is 5.75 Å². The van der Waals surface area contributed by atoms with Crippen LogP contribution < -0.4 is 11.2 Å². The maximum atomic E-state index is 12.7. The van der Waals surface area contributed by atoms with E-state index in [1.807, 2.05) is 19.9 Å². The molecule has 0 aromatic carbocycles. The van der Waals surface area contributed by atoms with Crippen molar-refractivity contribution in [3.63, 3.8) is 0 Å². The molecule has 2 fully saturated rings. The number of fused-ring (bicyclic) bond motifs is 1. The van der Waals surface area contributed by atoms with Crippen LogP contribution in [0.4, 0.5) is 0 Å². The summed E-state index contributed by atoms with van der Waals surface area (Å²) < 4.78 is 1.60. The Bertz CT molecular complexity index is 1270. The van der Waals surface area contributed by atoms with E-state index in [2.05, 4.69) is 15.0 Å². The molecule has 0 saturated heterocycles. The number of hydrogen-bond donors (Lipinski definition) is 1. The number of H-pyrrole nitrogens is 1. The second-order valence-corrected chi connectivity index (χ2v) is 10.2. The number of nitrogens with one attached hydrogen (secondary N) is 1. The third-order valence-electron chi connectivity index (χ3n) is 5.30. The average molecular weight is 429 g/mol. The number of thioether (sulfide) groups is 1. The summed E-state index contributed by atoms with van der Waals surface area (Å²) in [5.74, 6) is 1.16. The highest BCUT2D eigenvalue weighted by Crippen LogP contribution is 2.41. The molecule has 3 aromatic heterocycles. The van der Waals surface area contributed by atoms with Gasteiger partial charge in [-0.25, -0.2) is 14.8 Å². The standard InChI is InChI=1S/C20H20N4O3S2/c1-9-7-13(10(2)29-9)14(25)8-28-19-15-17(21-16(22-19)11-3-4-11)24(12-5-6-12)20(27)23-18(15)26/h7,11-12H,3-6,8H2,1-2H3,(H,23,26,27). The molecule has 0 spiro atoms. The van der Waals surface area contributed by atoms with E-state index in [0.717, 1.165) is 41.0 Å².